The number of nitrogens with zero attached hydrogens (tertiary/aromatic N) is 5. The van der Waals surface area contributed by atoms with Crippen molar-refractivity contribution in [3.8, 4) is 0 Å². The molecule has 0 N–H and O–H groups in total. The van der Waals surface area contributed by atoms with Gasteiger partial charge in [-0.05, 0) is 17.7 Å². The molecule has 4 aliphatic rings. The van der Waals surface area contributed by atoms with Crippen molar-refractivity contribution in [2.24, 2.45) is 15.6 Å². The zero-order valence-electron chi connectivity index (χ0n) is 15.4. The highest BCUT2D eigenvalue weighted by Crippen LogP contribution is 2.38. The van der Waals surface area contributed by atoms with Crippen LogP contribution in [0.15, 0.2) is 58.7 Å². The molecule has 0 radical (unpaired) electrons. The maximum absolute atomic E-state index is 14.1. The van der Waals surface area contributed by atoms with Gasteiger partial charge in [0.15, 0.2) is 0 Å². The molecule has 4 aliphatic heterocycles. The van der Waals surface area contributed by atoms with E-state index < -0.39 is 5.82 Å². The molecule has 0 saturated carbocycles. The summed E-state index contributed by atoms with van der Waals surface area (Å²) in [4.78, 5) is 7.35. The van der Waals surface area contributed by atoms with Gasteiger partial charge in [0.1, 0.15) is 5.82 Å². The molecule has 0 unspecified atom stereocenters. The zero-order chi connectivity index (χ0) is 19.1. The van der Waals surface area contributed by atoms with Crippen LogP contribution in [0.4, 0.5) is 4.39 Å². The number of benzene rings is 2. The number of rotatable bonds is 4. The molecule has 0 aromatic heterocycles. The Hall–Kier alpha value is -2.12. The van der Waals surface area contributed by atoms with E-state index in [1.54, 1.807) is 12.1 Å². The molecule has 2 aromatic carbocycles. The minimum atomic E-state index is -0.397. The molecule has 0 amide bonds. The van der Waals surface area contributed by atoms with Crippen molar-refractivity contribution in [1.82, 2.24) is 14.7 Å². The largest absolute Gasteiger partial charge is 0.276 e. The molecule has 6 rings (SSSR count). The van der Waals surface area contributed by atoms with E-state index in [4.69, 9.17) is 11.6 Å². The van der Waals surface area contributed by atoms with E-state index in [1.807, 2.05) is 18.2 Å². The van der Waals surface area contributed by atoms with Gasteiger partial charge in [-0.1, -0.05) is 48.0 Å². The summed E-state index contributed by atoms with van der Waals surface area (Å²) in [6.45, 7) is 5.91. The first-order chi connectivity index (χ1) is 13.6. The van der Waals surface area contributed by atoms with E-state index in [1.165, 1.54) is 12.3 Å². The van der Waals surface area contributed by atoms with Crippen molar-refractivity contribution in [2.75, 3.05) is 39.6 Å². The van der Waals surface area contributed by atoms with Gasteiger partial charge in [-0.2, -0.15) is 10.2 Å². The normalized spacial score (nSPS) is 31.6. The van der Waals surface area contributed by atoms with Gasteiger partial charge in [0.25, 0.3) is 0 Å². The van der Waals surface area contributed by atoms with Crippen molar-refractivity contribution in [2.45, 2.75) is 0 Å². The van der Waals surface area contributed by atoms with Crippen LogP contribution in [-0.2, 0) is 0 Å². The predicted octanol–water partition coefficient (Wildman–Crippen LogP) is 3.11. The lowest BCUT2D eigenvalue weighted by atomic mass is 9.74. The number of hydrogen-bond donors (Lipinski definition) is 0. The van der Waals surface area contributed by atoms with Gasteiger partial charge in [0.05, 0.1) is 42.4 Å². The van der Waals surface area contributed by atoms with E-state index in [0.29, 0.717) is 5.02 Å². The topological polar surface area (TPSA) is 34.4 Å². The van der Waals surface area contributed by atoms with Crippen LogP contribution in [0.3, 0.4) is 0 Å². The lowest BCUT2D eigenvalue weighted by Crippen LogP contribution is -2.74. The van der Waals surface area contributed by atoms with E-state index in [0.717, 1.165) is 50.9 Å². The van der Waals surface area contributed by atoms with Gasteiger partial charge >= 0.3 is 0 Å². The molecule has 0 spiro atoms. The summed E-state index contributed by atoms with van der Waals surface area (Å²) in [5, 5.41) is 9.25. The fraction of sp³-hybridized carbons (Fsp3) is 0.333. The molecule has 2 aromatic rings. The van der Waals surface area contributed by atoms with Crippen LogP contribution in [0.2, 0.25) is 5.02 Å². The third kappa shape index (κ3) is 3.16. The summed E-state index contributed by atoms with van der Waals surface area (Å²) in [5.41, 5.74) is 2.18. The first kappa shape index (κ1) is 17.9. The Morgan fingerprint density at radius 3 is 2.18 bits per heavy atom. The Bertz CT molecular complexity index is 888. The minimum Gasteiger partial charge on any atom is -0.276 e. The van der Waals surface area contributed by atoms with Crippen LogP contribution in [0, 0.1) is 11.2 Å². The number of hydrogen-bond acceptors (Lipinski definition) is 5. The smallest absolute Gasteiger partial charge is 0.133 e. The lowest BCUT2D eigenvalue weighted by Gasteiger charge is -2.60. The molecule has 0 aliphatic carbocycles. The van der Waals surface area contributed by atoms with E-state index in [9.17, 15) is 4.39 Å². The molecule has 5 nitrogen and oxygen atoms in total. The highest BCUT2D eigenvalue weighted by atomic mass is 35.5. The van der Waals surface area contributed by atoms with Crippen molar-refractivity contribution in [1.29, 1.82) is 0 Å². The van der Waals surface area contributed by atoms with Gasteiger partial charge in [-0.15, -0.1) is 0 Å². The summed E-state index contributed by atoms with van der Waals surface area (Å²) in [7, 11) is 0. The summed E-state index contributed by atoms with van der Waals surface area (Å²) in [6.07, 6.45) is 1.42. The SMILES string of the molecule is Fc1cccc(Cl)c1/C=N/N=C(\c1ccccc1)C12CN3CN(CN(C3)C1)C2. The van der Waals surface area contributed by atoms with E-state index in [2.05, 4.69) is 37.0 Å². The Labute approximate surface area is 168 Å². The summed E-state index contributed by atoms with van der Waals surface area (Å²) < 4.78 is 14.1. The average Bonchev–Trinajstić information content (AvgIpc) is 2.66. The fourth-order valence-electron chi connectivity index (χ4n) is 4.79. The van der Waals surface area contributed by atoms with Gasteiger partial charge < -0.3 is 0 Å². The molecular weight excluding hydrogens is 377 g/mol. The zero-order valence-corrected chi connectivity index (χ0v) is 16.2. The molecule has 0 atom stereocenters. The lowest BCUT2D eigenvalue weighted by molar-refractivity contribution is -0.149. The predicted molar refractivity (Wildman–Crippen MR) is 109 cm³/mol. The van der Waals surface area contributed by atoms with Crippen LogP contribution in [0.5, 0.6) is 0 Å². The van der Waals surface area contributed by atoms with Crippen molar-refractivity contribution < 1.29 is 4.39 Å². The maximum Gasteiger partial charge on any atom is 0.133 e. The standard InChI is InChI=1S/C21H21ClFN5/c22-18-7-4-8-19(23)17(18)9-24-25-20(16-5-2-1-3-6-16)21-10-26-13-27(11-21)15-28(12-21)14-26/h1-9H,10-15H2/b24-9+,25-20+. The van der Waals surface area contributed by atoms with Crippen LogP contribution >= 0.6 is 11.6 Å². The van der Waals surface area contributed by atoms with Crippen molar-refractivity contribution >= 4 is 23.5 Å². The van der Waals surface area contributed by atoms with Crippen LogP contribution < -0.4 is 0 Å². The third-order valence-corrected chi connectivity index (χ3v) is 6.00. The second kappa shape index (κ2) is 7.04. The summed E-state index contributed by atoms with van der Waals surface area (Å²) in [6, 6.07) is 14.8. The fourth-order valence-corrected chi connectivity index (χ4v) is 5.00. The third-order valence-electron chi connectivity index (χ3n) is 5.67. The Balaban J connectivity index is 1.55. The Morgan fingerprint density at radius 1 is 0.929 bits per heavy atom. The van der Waals surface area contributed by atoms with Gasteiger partial charge in [0, 0.05) is 25.2 Å². The van der Waals surface area contributed by atoms with E-state index in [-0.39, 0.29) is 11.0 Å². The Morgan fingerprint density at radius 2 is 1.57 bits per heavy atom. The van der Waals surface area contributed by atoms with Gasteiger partial charge in [-0.25, -0.2) is 4.39 Å². The molecule has 144 valence electrons. The second-order valence-electron chi connectivity index (χ2n) is 7.89. The second-order valence-corrected chi connectivity index (χ2v) is 8.29. The minimum absolute atomic E-state index is 0.105. The molecule has 4 saturated heterocycles. The first-order valence-electron chi connectivity index (χ1n) is 9.41. The summed E-state index contributed by atoms with van der Waals surface area (Å²) in [5.74, 6) is -0.397. The molecule has 28 heavy (non-hydrogen) atoms. The highest BCUT2D eigenvalue weighted by Gasteiger charge is 2.51. The van der Waals surface area contributed by atoms with E-state index >= 15 is 0 Å². The van der Waals surface area contributed by atoms with Crippen molar-refractivity contribution in [3.05, 3.63) is 70.5 Å². The van der Waals surface area contributed by atoms with Crippen LogP contribution in [0.1, 0.15) is 11.1 Å². The molecule has 7 heteroatoms. The van der Waals surface area contributed by atoms with Crippen molar-refractivity contribution in [3.63, 3.8) is 0 Å². The number of halogens is 2. The Kier molecular flexibility index (Phi) is 4.51. The monoisotopic (exact) mass is 397 g/mol. The first-order valence-corrected chi connectivity index (χ1v) is 9.79. The quantitative estimate of drug-likeness (QED) is 0.587. The van der Waals surface area contributed by atoms with Crippen LogP contribution in [-0.4, -0.2) is 66.3 Å². The highest BCUT2D eigenvalue weighted by molar-refractivity contribution is 6.33. The molecule has 4 heterocycles. The van der Waals surface area contributed by atoms with Crippen LogP contribution in [0.25, 0.3) is 0 Å². The summed E-state index contributed by atoms with van der Waals surface area (Å²) >= 11 is 6.12. The van der Waals surface area contributed by atoms with Gasteiger partial charge in [0.2, 0.25) is 0 Å². The molecule has 4 fully saturated rings. The maximum atomic E-state index is 14.1. The van der Waals surface area contributed by atoms with Gasteiger partial charge in [-0.3, -0.25) is 14.7 Å². The average molecular weight is 398 g/mol. The molecule has 4 bridgehead atoms. The molecular formula is C21H21ClFN5.